The van der Waals surface area contributed by atoms with Crippen LogP contribution in [0.3, 0.4) is 0 Å². The summed E-state index contributed by atoms with van der Waals surface area (Å²) in [7, 11) is -3.30. The van der Waals surface area contributed by atoms with E-state index in [1.165, 1.54) is 0 Å². The van der Waals surface area contributed by atoms with Crippen LogP contribution >= 0.6 is 11.6 Å². The van der Waals surface area contributed by atoms with Crippen molar-refractivity contribution in [2.24, 2.45) is 0 Å². The molecule has 1 rings (SSSR count). The van der Waals surface area contributed by atoms with Crippen LogP contribution in [0, 0.1) is 0 Å². The number of alkyl halides is 1. The van der Waals surface area contributed by atoms with Gasteiger partial charge in [0.15, 0.2) is 0 Å². The number of nitrogens with one attached hydrogen (secondary N) is 2. The van der Waals surface area contributed by atoms with E-state index in [1.54, 1.807) is 19.3 Å². The van der Waals surface area contributed by atoms with Crippen LogP contribution in [0.5, 0.6) is 0 Å². The minimum absolute atomic E-state index is 0.0835. The molecule has 1 atom stereocenters. The first-order valence-corrected chi connectivity index (χ1v) is 6.29. The normalized spacial score (nSPS) is 14.1. The molecule has 0 radical (unpaired) electrons. The zero-order chi connectivity index (χ0) is 10.6. The van der Waals surface area contributed by atoms with Gasteiger partial charge in [0.2, 0.25) is 10.0 Å². The average Bonchev–Trinajstić information content (AvgIpc) is 2.53. The van der Waals surface area contributed by atoms with Crippen molar-refractivity contribution in [3.63, 3.8) is 0 Å². The van der Waals surface area contributed by atoms with Crippen LogP contribution in [0.15, 0.2) is 12.4 Å². The van der Waals surface area contributed by atoms with Crippen molar-refractivity contribution < 1.29 is 8.42 Å². The first kappa shape index (κ1) is 11.5. The van der Waals surface area contributed by atoms with Crippen LogP contribution in [0.2, 0.25) is 0 Å². The van der Waals surface area contributed by atoms with Crippen molar-refractivity contribution in [2.45, 2.75) is 13.0 Å². The summed E-state index contributed by atoms with van der Waals surface area (Å²) in [4.78, 5) is 6.78. The molecule has 0 aliphatic carbocycles. The van der Waals surface area contributed by atoms with Crippen LogP contribution in [0.1, 0.15) is 18.8 Å². The molecule has 0 aromatic carbocycles. The van der Waals surface area contributed by atoms with Gasteiger partial charge in [-0.2, -0.15) is 0 Å². The Kier molecular flexibility index (Phi) is 3.91. The van der Waals surface area contributed by atoms with Gasteiger partial charge < -0.3 is 4.98 Å². The highest BCUT2D eigenvalue weighted by atomic mass is 35.5. The molecule has 14 heavy (non-hydrogen) atoms. The lowest BCUT2D eigenvalue weighted by Crippen LogP contribution is -2.30. The average molecular weight is 238 g/mol. The van der Waals surface area contributed by atoms with E-state index in [4.69, 9.17) is 11.6 Å². The summed E-state index contributed by atoms with van der Waals surface area (Å²) < 4.78 is 25.1. The van der Waals surface area contributed by atoms with Gasteiger partial charge in [0.05, 0.1) is 11.8 Å². The molecule has 0 amide bonds. The number of rotatable bonds is 5. The molecule has 0 aliphatic rings. The SMILES string of the molecule is CC(NS(=O)(=O)CCCl)c1ncc[nH]1. The van der Waals surface area contributed by atoms with E-state index >= 15 is 0 Å². The van der Waals surface area contributed by atoms with Gasteiger partial charge in [-0.25, -0.2) is 18.1 Å². The summed E-state index contributed by atoms with van der Waals surface area (Å²) in [5.74, 6) is 0.586. The zero-order valence-electron chi connectivity index (χ0n) is 7.70. The first-order valence-electron chi connectivity index (χ1n) is 4.10. The van der Waals surface area contributed by atoms with Crippen molar-refractivity contribution in [2.75, 3.05) is 11.6 Å². The summed E-state index contributed by atoms with van der Waals surface area (Å²) in [6, 6.07) is -0.363. The monoisotopic (exact) mass is 237 g/mol. The zero-order valence-corrected chi connectivity index (χ0v) is 9.27. The third-order valence-electron chi connectivity index (χ3n) is 1.63. The number of hydrogen-bond acceptors (Lipinski definition) is 3. The summed E-state index contributed by atoms with van der Waals surface area (Å²) in [5, 5.41) is 0. The Morgan fingerprint density at radius 3 is 2.93 bits per heavy atom. The molecular weight excluding hydrogens is 226 g/mol. The third-order valence-corrected chi connectivity index (χ3v) is 3.50. The molecule has 0 spiro atoms. The van der Waals surface area contributed by atoms with Gasteiger partial charge in [0.25, 0.3) is 0 Å². The summed E-state index contributed by atoms with van der Waals surface area (Å²) >= 11 is 5.35. The van der Waals surface area contributed by atoms with Crippen molar-refractivity contribution in [1.82, 2.24) is 14.7 Å². The molecule has 0 bridgehead atoms. The number of sulfonamides is 1. The number of nitrogens with zero attached hydrogens (tertiary/aromatic N) is 1. The van der Waals surface area contributed by atoms with E-state index in [9.17, 15) is 8.42 Å². The van der Waals surface area contributed by atoms with Gasteiger partial charge in [-0.15, -0.1) is 11.6 Å². The fraction of sp³-hybridized carbons (Fsp3) is 0.571. The Hall–Kier alpha value is -0.590. The van der Waals surface area contributed by atoms with Crippen molar-refractivity contribution in [3.05, 3.63) is 18.2 Å². The number of H-pyrrole nitrogens is 1. The molecule has 0 aliphatic heterocycles. The van der Waals surface area contributed by atoms with E-state index in [0.29, 0.717) is 5.82 Å². The fourth-order valence-corrected chi connectivity index (χ4v) is 2.58. The number of halogens is 1. The standard InChI is InChI=1S/C7H12ClN3O2S/c1-6(7-9-3-4-10-7)11-14(12,13)5-2-8/h3-4,6,11H,2,5H2,1H3,(H,9,10). The summed E-state index contributed by atoms with van der Waals surface area (Å²) in [5.41, 5.74) is 0. The van der Waals surface area contributed by atoms with Gasteiger partial charge in [-0.3, -0.25) is 0 Å². The molecule has 80 valence electrons. The van der Waals surface area contributed by atoms with E-state index in [0.717, 1.165) is 0 Å². The quantitative estimate of drug-likeness (QED) is 0.738. The van der Waals surface area contributed by atoms with Gasteiger partial charge in [0, 0.05) is 18.3 Å². The summed E-state index contributed by atoms with van der Waals surface area (Å²) in [6.07, 6.45) is 3.21. The Morgan fingerprint density at radius 2 is 2.43 bits per heavy atom. The molecule has 5 nitrogen and oxygen atoms in total. The maximum atomic E-state index is 11.3. The number of imidazole rings is 1. The van der Waals surface area contributed by atoms with Crippen LogP contribution in [0.4, 0.5) is 0 Å². The fourth-order valence-electron chi connectivity index (χ4n) is 1.000. The number of aromatic nitrogens is 2. The van der Waals surface area contributed by atoms with Crippen LogP contribution in [0.25, 0.3) is 0 Å². The predicted molar refractivity (Wildman–Crippen MR) is 54.6 cm³/mol. The molecule has 1 unspecified atom stereocenters. The van der Waals surface area contributed by atoms with Gasteiger partial charge in [-0.05, 0) is 6.92 Å². The molecule has 1 heterocycles. The highest BCUT2D eigenvalue weighted by molar-refractivity contribution is 7.89. The van der Waals surface area contributed by atoms with Gasteiger partial charge in [-0.1, -0.05) is 0 Å². The van der Waals surface area contributed by atoms with Crippen molar-refractivity contribution in [1.29, 1.82) is 0 Å². The molecule has 0 saturated heterocycles. The van der Waals surface area contributed by atoms with Crippen LogP contribution in [-0.4, -0.2) is 30.0 Å². The van der Waals surface area contributed by atoms with Crippen LogP contribution < -0.4 is 4.72 Å². The number of aromatic amines is 1. The minimum atomic E-state index is -3.30. The van der Waals surface area contributed by atoms with Crippen molar-refractivity contribution >= 4 is 21.6 Å². The third kappa shape index (κ3) is 3.28. The lowest BCUT2D eigenvalue weighted by Gasteiger charge is -2.10. The highest BCUT2D eigenvalue weighted by Gasteiger charge is 2.16. The maximum absolute atomic E-state index is 11.3. The lowest BCUT2D eigenvalue weighted by molar-refractivity contribution is 0.562. The predicted octanol–water partition coefficient (Wildman–Crippen LogP) is 0.629. The molecule has 7 heteroatoms. The van der Waals surface area contributed by atoms with E-state index in [2.05, 4.69) is 14.7 Å². The Labute approximate surface area is 87.9 Å². The minimum Gasteiger partial charge on any atom is -0.347 e. The molecule has 1 aromatic rings. The van der Waals surface area contributed by atoms with E-state index in [1.807, 2.05) is 0 Å². The second-order valence-corrected chi connectivity index (χ2v) is 5.07. The Bertz CT molecular complexity index is 362. The maximum Gasteiger partial charge on any atom is 0.213 e. The van der Waals surface area contributed by atoms with E-state index in [-0.39, 0.29) is 17.7 Å². The highest BCUT2D eigenvalue weighted by Crippen LogP contribution is 2.07. The Morgan fingerprint density at radius 1 is 1.71 bits per heavy atom. The number of hydrogen-bond donors (Lipinski definition) is 2. The van der Waals surface area contributed by atoms with Crippen molar-refractivity contribution in [3.8, 4) is 0 Å². The summed E-state index contributed by atoms with van der Waals surface area (Å²) in [6.45, 7) is 1.71. The second-order valence-electron chi connectivity index (χ2n) is 2.82. The largest absolute Gasteiger partial charge is 0.347 e. The molecule has 2 N–H and O–H groups in total. The molecular formula is C7H12ClN3O2S. The first-order chi connectivity index (χ1) is 6.55. The molecule has 0 saturated carbocycles. The lowest BCUT2D eigenvalue weighted by atomic mass is 10.3. The topological polar surface area (TPSA) is 74.8 Å². The molecule has 0 fully saturated rings. The Balaban J connectivity index is 2.61. The second kappa shape index (κ2) is 4.77. The van der Waals surface area contributed by atoms with Gasteiger partial charge in [0.1, 0.15) is 5.82 Å². The van der Waals surface area contributed by atoms with Gasteiger partial charge >= 0.3 is 0 Å². The smallest absolute Gasteiger partial charge is 0.213 e. The molecule has 1 aromatic heterocycles. The van der Waals surface area contributed by atoms with Crippen LogP contribution in [-0.2, 0) is 10.0 Å². The van der Waals surface area contributed by atoms with E-state index < -0.39 is 10.0 Å².